The van der Waals surface area contributed by atoms with E-state index in [1.54, 1.807) is 0 Å². The van der Waals surface area contributed by atoms with Gasteiger partial charge < -0.3 is 29.9 Å². The number of fused-ring (bicyclic) bond motifs is 8. The largest absolute Gasteiger partial charge is 0.507 e. The summed E-state index contributed by atoms with van der Waals surface area (Å²) >= 11 is 0. The normalized spacial score (nSPS) is 16.8. The fourth-order valence-corrected chi connectivity index (χ4v) is 7.38. The molecule has 6 nitrogen and oxygen atoms in total. The van der Waals surface area contributed by atoms with Crippen molar-refractivity contribution < 1.29 is 29.9 Å². The molecule has 292 valence electrons. The van der Waals surface area contributed by atoms with Gasteiger partial charge in [-0.2, -0.15) is 0 Å². The Morgan fingerprint density at radius 2 is 0.611 bits per heavy atom. The van der Waals surface area contributed by atoms with E-state index in [9.17, 15) is 20.4 Å². The average Bonchev–Trinajstić information content (AvgIpc) is 3.04. The molecule has 8 bridgehead atoms. The zero-order valence-corrected chi connectivity index (χ0v) is 35.2. The molecule has 4 aromatic rings. The third-order valence-electron chi connectivity index (χ3n) is 10.9. The maximum absolute atomic E-state index is 12.3. The van der Waals surface area contributed by atoms with Gasteiger partial charge >= 0.3 is 0 Å². The zero-order valence-electron chi connectivity index (χ0n) is 35.2. The lowest BCUT2D eigenvalue weighted by atomic mass is 9.78. The van der Waals surface area contributed by atoms with Crippen LogP contribution in [0.4, 0.5) is 0 Å². The summed E-state index contributed by atoms with van der Waals surface area (Å²) in [5, 5.41) is 49.3. The van der Waals surface area contributed by atoms with Gasteiger partial charge in [0.05, 0.1) is 0 Å². The van der Waals surface area contributed by atoms with Crippen LogP contribution in [0.25, 0.3) is 0 Å². The molecule has 0 unspecified atom stereocenters. The summed E-state index contributed by atoms with van der Waals surface area (Å²) in [6, 6.07) is 16.1. The first-order valence-electron chi connectivity index (χ1n) is 19.5. The van der Waals surface area contributed by atoms with E-state index in [4.69, 9.17) is 9.47 Å². The number of rotatable bonds is 4. The fourth-order valence-electron chi connectivity index (χ4n) is 7.38. The second kappa shape index (κ2) is 14.6. The van der Waals surface area contributed by atoms with Gasteiger partial charge in [-0.05, 0) is 104 Å². The van der Waals surface area contributed by atoms with E-state index in [2.05, 4.69) is 83.1 Å². The predicted octanol–water partition coefficient (Wildman–Crippen LogP) is 11.4. The molecule has 6 heteroatoms. The highest BCUT2D eigenvalue weighted by atomic mass is 16.5. The molecule has 4 aromatic carbocycles. The molecule has 0 heterocycles. The topological polar surface area (TPSA) is 99.4 Å². The van der Waals surface area contributed by atoms with Gasteiger partial charge in [0.25, 0.3) is 0 Å². The monoisotopic (exact) mass is 736 g/mol. The molecule has 1 aliphatic rings. The molecule has 0 aliphatic heterocycles. The predicted molar refractivity (Wildman–Crippen MR) is 220 cm³/mol. The minimum Gasteiger partial charge on any atom is -0.507 e. The van der Waals surface area contributed by atoms with Gasteiger partial charge in [-0.1, -0.05) is 107 Å². The minimum absolute atomic E-state index is 0.0665. The van der Waals surface area contributed by atoms with Crippen LogP contribution in [-0.2, 0) is 44.0 Å². The van der Waals surface area contributed by atoms with Gasteiger partial charge in [-0.3, -0.25) is 0 Å². The minimum atomic E-state index is -0.803. The highest BCUT2D eigenvalue weighted by molar-refractivity contribution is 5.60. The van der Waals surface area contributed by atoms with Crippen LogP contribution in [0.2, 0.25) is 0 Å². The van der Waals surface area contributed by atoms with Gasteiger partial charge in [-0.15, -0.1) is 0 Å². The molecule has 1 aliphatic carbocycles. The maximum Gasteiger partial charge on any atom is 0.125 e. The van der Waals surface area contributed by atoms with E-state index in [0.29, 0.717) is 57.7 Å². The Morgan fingerprint density at radius 1 is 0.407 bits per heavy atom. The Balaban J connectivity index is 2.02. The third-order valence-corrected chi connectivity index (χ3v) is 10.9. The van der Waals surface area contributed by atoms with E-state index in [0.717, 1.165) is 22.3 Å². The molecular formula is C48H64O6. The third kappa shape index (κ3) is 8.16. The lowest BCUT2D eigenvalue weighted by Gasteiger charge is -2.30. The van der Waals surface area contributed by atoms with Crippen molar-refractivity contribution in [1.82, 2.24) is 0 Å². The summed E-state index contributed by atoms with van der Waals surface area (Å²) < 4.78 is 13.1. The molecule has 0 saturated heterocycles. The van der Waals surface area contributed by atoms with Crippen LogP contribution in [0.3, 0.4) is 0 Å². The van der Waals surface area contributed by atoms with E-state index < -0.39 is 12.2 Å². The first-order chi connectivity index (χ1) is 24.9. The summed E-state index contributed by atoms with van der Waals surface area (Å²) in [6.45, 7) is 30.2. The quantitative estimate of drug-likeness (QED) is 0.166. The van der Waals surface area contributed by atoms with Crippen molar-refractivity contribution in [2.45, 2.75) is 144 Å². The number of ether oxygens (including phenoxy) is 2. The molecule has 0 fully saturated rings. The van der Waals surface area contributed by atoms with Crippen LogP contribution in [0.5, 0.6) is 23.0 Å². The first kappa shape index (κ1) is 41.2. The summed E-state index contributed by atoms with van der Waals surface area (Å²) in [7, 11) is 0. The van der Waals surface area contributed by atoms with Crippen molar-refractivity contribution in [2.75, 3.05) is 13.2 Å². The number of aromatic hydroxyl groups is 4. The number of hydrogen-bond acceptors (Lipinski definition) is 6. The van der Waals surface area contributed by atoms with Crippen LogP contribution in [0.15, 0.2) is 48.5 Å². The van der Waals surface area contributed by atoms with Crippen LogP contribution >= 0.6 is 0 Å². The standard InChI is InChI=1S/C48H64O6/c1-15-53-43-35-23-31(45(3,4)5)19-27(39(35)49)17-29-21-33(47(9,10)11)25-37(41(29)51)44(54-16-2)38-26-34(48(12,13)14)22-30(42(38)52)18-28-20-32(46(6,7)8)24-36(43)40(28)50/h19-26,43-44,49-52H,15-18H2,1-14H3. The van der Waals surface area contributed by atoms with Crippen molar-refractivity contribution in [3.05, 3.63) is 115 Å². The smallest absolute Gasteiger partial charge is 0.125 e. The summed E-state index contributed by atoms with van der Waals surface area (Å²) in [5.74, 6) is 0.266. The van der Waals surface area contributed by atoms with Gasteiger partial charge in [0.15, 0.2) is 0 Å². The lowest BCUT2D eigenvalue weighted by molar-refractivity contribution is 0.0872. The Labute approximate surface area is 324 Å². The van der Waals surface area contributed by atoms with Crippen LogP contribution < -0.4 is 0 Å². The molecule has 0 aromatic heterocycles. The highest BCUT2D eigenvalue weighted by Gasteiger charge is 2.33. The molecule has 4 N–H and O–H groups in total. The van der Waals surface area contributed by atoms with Gasteiger partial charge in [0, 0.05) is 48.3 Å². The van der Waals surface area contributed by atoms with E-state index in [1.807, 2.05) is 62.4 Å². The Bertz CT molecular complexity index is 1740. The average molecular weight is 737 g/mol. The Hall–Kier alpha value is -4.00. The molecule has 0 spiro atoms. The molecule has 5 rings (SSSR count). The highest BCUT2D eigenvalue weighted by Crippen LogP contribution is 2.48. The van der Waals surface area contributed by atoms with E-state index >= 15 is 0 Å². The van der Waals surface area contributed by atoms with Crippen molar-refractivity contribution in [3.8, 4) is 23.0 Å². The summed E-state index contributed by atoms with van der Waals surface area (Å²) in [4.78, 5) is 0. The van der Waals surface area contributed by atoms with E-state index in [1.165, 1.54) is 0 Å². The maximum atomic E-state index is 12.3. The molecule has 0 radical (unpaired) electrons. The van der Waals surface area contributed by atoms with Gasteiger partial charge in [-0.25, -0.2) is 0 Å². The second-order valence-corrected chi connectivity index (χ2v) is 19.3. The molecule has 54 heavy (non-hydrogen) atoms. The summed E-state index contributed by atoms with van der Waals surface area (Å²) in [5.41, 5.74) is 7.59. The van der Waals surface area contributed by atoms with Crippen molar-refractivity contribution >= 4 is 0 Å². The van der Waals surface area contributed by atoms with Crippen molar-refractivity contribution in [1.29, 1.82) is 0 Å². The fraction of sp³-hybridized carbons (Fsp3) is 0.500. The molecular weight excluding hydrogens is 673 g/mol. The second-order valence-electron chi connectivity index (χ2n) is 19.3. The van der Waals surface area contributed by atoms with Crippen molar-refractivity contribution in [3.63, 3.8) is 0 Å². The number of hydrogen-bond donors (Lipinski definition) is 4. The SMILES string of the molecule is CCOC1c2cc(C(C)(C)C)cc(c2O)Cc2cc(C(C)(C)C)cc(c2O)C(OCC)c2cc(C(C)(C)C)cc(c2O)Cc2cc(C(C)(C)C)cc1c2O. The molecule has 0 saturated carbocycles. The van der Waals surface area contributed by atoms with Gasteiger partial charge in [0.1, 0.15) is 35.2 Å². The van der Waals surface area contributed by atoms with Crippen LogP contribution in [-0.4, -0.2) is 33.6 Å². The Kier molecular flexibility index (Phi) is 11.1. The molecule has 0 amide bonds. The lowest BCUT2D eigenvalue weighted by Crippen LogP contribution is -2.18. The number of phenols is 4. The zero-order chi connectivity index (χ0) is 40.3. The number of benzene rings is 4. The summed E-state index contributed by atoms with van der Waals surface area (Å²) in [6.07, 6.45) is -1.16. The number of phenolic OH excluding ortho intramolecular Hbond substituents is 4. The van der Waals surface area contributed by atoms with Gasteiger partial charge in [0.2, 0.25) is 0 Å². The Morgan fingerprint density at radius 3 is 0.778 bits per heavy atom. The van der Waals surface area contributed by atoms with Crippen molar-refractivity contribution in [2.24, 2.45) is 0 Å². The first-order valence-corrected chi connectivity index (χ1v) is 19.5. The molecule has 0 atom stereocenters. The van der Waals surface area contributed by atoms with Crippen LogP contribution in [0, 0.1) is 0 Å². The van der Waals surface area contributed by atoms with E-state index in [-0.39, 0.29) is 57.5 Å². The van der Waals surface area contributed by atoms with Crippen LogP contribution in [0.1, 0.15) is 176 Å².